The first-order valence-electron chi connectivity index (χ1n) is 9.73. The van der Waals surface area contributed by atoms with E-state index in [9.17, 15) is 13.2 Å². The van der Waals surface area contributed by atoms with E-state index >= 15 is 0 Å². The van der Waals surface area contributed by atoms with E-state index in [0.717, 1.165) is 16.9 Å². The van der Waals surface area contributed by atoms with Gasteiger partial charge in [0.25, 0.3) is 15.9 Å². The van der Waals surface area contributed by atoms with Crippen LogP contribution in [0.15, 0.2) is 78.0 Å². The number of sulfonamides is 1. The maximum absolute atomic E-state index is 12.8. The number of anilines is 1. The number of nitrogens with one attached hydrogen (secondary N) is 2. The Morgan fingerprint density at radius 3 is 2.68 bits per heavy atom. The molecule has 0 radical (unpaired) electrons. The normalized spacial score (nSPS) is 11.4. The average Bonchev–Trinajstić information content (AvgIpc) is 3.16. The SMILES string of the molecule is Cc1ccc(C)c(S(=O)(=O)Nc2cccc(C(=O)NCc3cn4ccccc4n3)c2)c1. The van der Waals surface area contributed by atoms with Gasteiger partial charge in [0.15, 0.2) is 0 Å². The topological polar surface area (TPSA) is 92.6 Å². The van der Waals surface area contributed by atoms with Crippen LogP contribution >= 0.6 is 0 Å². The lowest BCUT2D eigenvalue weighted by molar-refractivity contribution is 0.0950. The summed E-state index contributed by atoms with van der Waals surface area (Å²) >= 11 is 0. The molecule has 2 N–H and O–H groups in total. The fourth-order valence-corrected chi connectivity index (χ4v) is 4.66. The number of aryl methyl sites for hydroxylation is 2. The van der Waals surface area contributed by atoms with Crippen molar-refractivity contribution in [3.8, 4) is 0 Å². The van der Waals surface area contributed by atoms with Crippen molar-refractivity contribution in [3.05, 3.63) is 95.4 Å². The van der Waals surface area contributed by atoms with E-state index < -0.39 is 10.0 Å². The number of hydrogen-bond donors (Lipinski definition) is 2. The molecule has 0 bridgehead atoms. The van der Waals surface area contributed by atoms with Gasteiger partial charge in [0.2, 0.25) is 0 Å². The number of carbonyl (C=O) groups excluding carboxylic acids is 1. The van der Waals surface area contributed by atoms with E-state index in [4.69, 9.17) is 0 Å². The Balaban J connectivity index is 1.48. The first kappa shape index (κ1) is 20.6. The van der Waals surface area contributed by atoms with Crippen LogP contribution in [0.5, 0.6) is 0 Å². The second-order valence-electron chi connectivity index (χ2n) is 7.34. The number of benzene rings is 2. The summed E-state index contributed by atoms with van der Waals surface area (Å²) in [5, 5.41) is 2.82. The first-order valence-corrected chi connectivity index (χ1v) is 11.2. The minimum atomic E-state index is -3.77. The summed E-state index contributed by atoms with van der Waals surface area (Å²) in [5.41, 5.74) is 3.71. The summed E-state index contributed by atoms with van der Waals surface area (Å²) in [7, 11) is -3.77. The predicted molar refractivity (Wildman–Crippen MR) is 120 cm³/mol. The maximum atomic E-state index is 12.8. The van der Waals surface area contributed by atoms with Gasteiger partial charge in [0, 0.05) is 23.6 Å². The Kier molecular flexibility index (Phi) is 5.48. The molecular weight excluding hydrogens is 412 g/mol. The summed E-state index contributed by atoms with van der Waals surface area (Å²) in [4.78, 5) is 17.3. The van der Waals surface area contributed by atoms with E-state index in [1.807, 2.05) is 48.0 Å². The zero-order valence-electron chi connectivity index (χ0n) is 17.2. The van der Waals surface area contributed by atoms with Gasteiger partial charge in [-0.3, -0.25) is 9.52 Å². The second kappa shape index (κ2) is 8.23. The van der Waals surface area contributed by atoms with Crippen LogP contribution in [0.2, 0.25) is 0 Å². The molecule has 31 heavy (non-hydrogen) atoms. The highest BCUT2D eigenvalue weighted by Crippen LogP contribution is 2.21. The highest BCUT2D eigenvalue weighted by Gasteiger charge is 2.18. The van der Waals surface area contributed by atoms with Crippen LogP contribution in [-0.2, 0) is 16.6 Å². The lowest BCUT2D eigenvalue weighted by Crippen LogP contribution is -2.23. The lowest BCUT2D eigenvalue weighted by Gasteiger charge is -2.12. The van der Waals surface area contributed by atoms with Gasteiger partial charge in [0.05, 0.1) is 17.1 Å². The molecule has 7 nitrogen and oxygen atoms in total. The van der Waals surface area contributed by atoms with Gasteiger partial charge in [-0.05, 0) is 61.4 Å². The third-order valence-corrected chi connectivity index (χ3v) is 6.38. The maximum Gasteiger partial charge on any atom is 0.262 e. The van der Waals surface area contributed by atoms with Gasteiger partial charge in [-0.2, -0.15) is 0 Å². The van der Waals surface area contributed by atoms with Crippen LogP contribution in [0.3, 0.4) is 0 Å². The molecule has 0 atom stereocenters. The van der Waals surface area contributed by atoms with Crippen molar-refractivity contribution in [2.24, 2.45) is 0 Å². The molecule has 8 heteroatoms. The zero-order chi connectivity index (χ0) is 22.0. The predicted octanol–water partition coefficient (Wildman–Crippen LogP) is 3.68. The molecule has 1 amide bonds. The molecule has 2 heterocycles. The van der Waals surface area contributed by atoms with Crippen LogP contribution in [0.4, 0.5) is 5.69 Å². The Morgan fingerprint density at radius 2 is 1.87 bits per heavy atom. The van der Waals surface area contributed by atoms with Crippen LogP contribution < -0.4 is 10.0 Å². The summed E-state index contributed by atoms with van der Waals surface area (Å²) < 4.78 is 30.1. The van der Waals surface area contributed by atoms with Crippen LogP contribution in [0, 0.1) is 13.8 Å². The fraction of sp³-hybridized carbons (Fsp3) is 0.130. The average molecular weight is 435 g/mol. The first-order chi connectivity index (χ1) is 14.8. The molecule has 0 saturated carbocycles. The number of aromatic nitrogens is 2. The molecule has 0 aliphatic carbocycles. The van der Waals surface area contributed by atoms with Crippen molar-refractivity contribution >= 4 is 27.3 Å². The van der Waals surface area contributed by atoms with Crippen molar-refractivity contribution in [1.82, 2.24) is 14.7 Å². The lowest BCUT2D eigenvalue weighted by atomic mass is 10.2. The number of imidazole rings is 1. The van der Waals surface area contributed by atoms with Crippen molar-refractivity contribution in [3.63, 3.8) is 0 Å². The monoisotopic (exact) mass is 434 g/mol. The molecule has 0 saturated heterocycles. The highest BCUT2D eigenvalue weighted by atomic mass is 32.2. The number of rotatable bonds is 6. The largest absolute Gasteiger partial charge is 0.346 e. The second-order valence-corrected chi connectivity index (χ2v) is 8.99. The molecule has 0 spiro atoms. The molecule has 0 aliphatic heterocycles. The van der Waals surface area contributed by atoms with Gasteiger partial charge in [0.1, 0.15) is 5.65 Å². The molecule has 4 rings (SSSR count). The zero-order valence-corrected chi connectivity index (χ0v) is 18.0. The molecule has 0 fully saturated rings. The minimum Gasteiger partial charge on any atom is -0.346 e. The smallest absolute Gasteiger partial charge is 0.262 e. The van der Waals surface area contributed by atoms with Gasteiger partial charge in [-0.25, -0.2) is 13.4 Å². The number of fused-ring (bicyclic) bond motifs is 1. The number of nitrogens with zero attached hydrogens (tertiary/aromatic N) is 2. The number of pyridine rings is 1. The van der Waals surface area contributed by atoms with Crippen LogP contribution in [0.25, 0.3) is 5.65 Å². The fourth-order valence-electron chi connectivity index (χ4n) is 3.28. The Bertz CT molecular complexity index is 1340. The summed E-state index contributed by atoms with van der Waals surface area (Å²) in [6.45, 7) is 3.85. The molecule has 0 aliphatic rings. The van der Waals surface area contributed by atoms with Crippen molar-refractivity contribution in [1.29, 1.82) is 0 Å². The van der Waals surface area contributed by atoms with E-state index in [1.165, 1.54) is 6.07 Å². The summed E-state index contributed by atoms with van der Waals surface area (Å²) in [5.74, 6) is -0.315. The van der Waals surface area contributed by atoms with Crippen molar-refractivity contribution < 1.29 is 13.2 Å². The Hall–Kier alpha value is -3.65. The highest BCUT2D eigenvalue weighted by molar-refractivity contribution is 7.92. The standard InChI is InChI=1S/C23H22N4O3S/c1-16-9-10-17(2)21(12-16)31(29,30)26-19-7-5-6-18(13-19)23(28)24-14-20-15-27-11-4-3-8-22(27)25-20/h3-13,15,26H,14H2,1-2H3,(H,24,28). The Morgan fingerprint density at radius 1 is 1.03 bits per heavy atom. The Labute approximate surface area is 180 Å². The van der Waals surface area contributed by atoms with Crippen LogP contribution in [-0.4, -0.2) is 23.7 Å². The van der Waals surface area contributed by atoms with Crippen molar-refractivity contribution in [2.45, 2.75) is 25.3 Å². The van der Waals surface area contributed by atoms with Crippen molar-refractivity contribution in [2.75, 3.05) is 4.72 Å². The summed E-state index contributed by atoms with van der Waals surface area (Å²) in [6.07, 6.45) is 3.74. The van der Waals surface area contributed by atoms with E-state index in [0.29, 0.717) is 16.8 Å². The van der Waals surface area contributed by atoms with Gasteiger partial charge >= 0.3 is 0 Å². The minimum absolute atomic E-state index is 0.217. The molecule has 4 aromatic rings. The van der Waals surface area contributed by atoms with Gasteiger partial charge < -0.3 is 9.72 Å². The molecule has 0 unspecified atom stereocenters. The molecule has 2 aromatic carbocycles. The number of amides is 1. The molecule has 2 aromatic heterocycles. The van der Waals surface area contributed by atoms with Crippen LogP contribution in [0.1, 0.15) is 27.2 Å². The van der Waals surface area contributed by atoms with E-state index in [2.05, 4.69) is 15.0 Å². The third-order valence-electron chi connectivity index (χ3n) is 4.85. The van der Waals surface area contributed by atoms with Gasteiger partial charge in [-0.1, -0.05) is 24.3 Å². The number of hydrogen-bond acceptors (Lipinski definition) is 4. The van der Waals surface area contributed by atoms with E-state index in [-0.39, 0.29) is 17.3 Å². The number of carbonyl (C=O) groups is 1. The quantitative estimate of drug-likeness (QED) is 0.484. The van der Waals surface area contributed by atoms with Gasteiger partial charge in [-0.15, -0.1) is 0 Å². The van der Waals surface area contributed by atoms with E-state index in [1.54, 1.807) is 37.3 Å². The molecular formula is C23H22N4O3S. The third kappa shape index (κ3) is 4.59. The summed E-state index contributed by atoms with van der Waals surface area (Å²) in [6, 6.07) is 17.4. The molecule has 158 valence electrons.